The molecule has 0 radical (unpaired) electrons. The third kappa shape index (κ3) is 11.1. The quantitative estimate of drug-likeness (QED) is 0.0887. The van der Waals surface area contributed by atoms with E-state index in [1.54, 1.807) is 24.3 Å². The molecule has 15 heteroatoms. The molecule has 1 heterocycles. The molecule has 11 nitrogen and oxygen atoms in total. The summed E-state index contributed by atoms with van der Waals surface area (Å²) in [6.07, 6.45) is 0.133. The van der Waals surface area contributed by atoms with Gasteiger partial charge in [-0.25, -0.2) is 0 Å². The lowest BCUT2D eigenvalue weighted by molar-refractivity contribution is 0.452. The van der Waals surface area contributed by atoms with Crippen LogP contribution in [0.2, 0.25) is 0 Å². The first-order valence-corrected chi connectivity index (χ1v) is 26.7. The Kier molecular flexibility index (Phi) is 13.1. The standard InChI is InChI=1S/C49H42N4O7P4/c1-9-25-42(26-10-1)41-61(54-43-27-11-2-12-28-43)50-62(55-44-29-13-3-14-30-44,56-45-31-15-4-16-32-45)52-64(59-48-37-21-7-22-38-48,60-49-39-23-8-24-40-49)53-63(51-61,57-46-33-17-5-18-34-46)58-47-35-19-6-20-36-47/h1-40H,41H2. The molecule has 9 rings (SSSR count). The lowest BCUT2D eigenvalue weighted by atomic mass is 10.2. The molecule has 0 aliphatic carbocycles. The lowest BCUT2D eigenvalue weighted by Gasteiger charge is -2.33. The van der Waals surface area contributed by atoms with Crippen LogP contribution in [-0.4, -0.2) is 0 Å². The average Bonchev–Trinajstić information content (AvgIpc) is 3.31. The summed E-state index contributed by atoms with van der Waals surface area (Å²) >= 11 is 0. The minimum absolute atomic E-state index is 0.133. The summed E-state index contributed by atoms with van der Waals surface area (Å²) in [6.45, 7) is 0. The molecule has 0 N–H and O–H groups in total. The van der Waals surface area contributed by atoms with Crippen molar-refractivity contribution in [2.24, 2.45) is 18.1 Å². The molecule has 64 heavy (non-hydrogen) atoms. The Morgan fingerprint density at radius 3 is 0.734 bits per heavy atom. The zero-order valence-corrected chi connectivity index (χ0v) is 37.8. The smallest absolute Gasteiger partial charge is 0.441 e. The molecule has 8 aromatic carbocycles. The SMILES string of the molecule is c1ccc(CP2(Oc3ccccc3)=NP(Oc3ccccc3)(Oc3ccccc3)=NP(Oc3ccccc3)(Oc3ccccc3)=NP(Oc3ccccc3)(Oc3ccccc3)=N2)cc1. The predicted molar refractivity (Wildman–Crippen MR) is 257 cm³/mol. The van der Waals surface area contributed by atoms with Crippen molar-refractivity contribution >= 4 is 30.4 Å². The second-order valence-electron chi connectivity index (χ2n) is 14.0. The molecule has 0 spiro atoms. The van der Waals surface area contributed by atoms with Crippen molar-refractivity contribution in [2.75, 3.05) is 0 Å². The number of benzene rings is 8. The van der Waals surface area contributed by atoms with E-state index in [0.717, 1.165) is 5.56 Å². The maximum Gasteiger partial charge on any atom is 0.460 e. The van der Waals surface area contributed by atoms with E-state index in [1.807, 2.05) is 218 Å². The van der Waals surface area contributed by atoms with Gasteiger partial charge in [0, 0.05) is 0 Å². The number of rotatable bonds is 16. The van der Waals surface area contributed by atoms with E-state index in [0.29, 0.717) is 40.2 Å². The number of hydrogen-bond acceptors (Lipinski definition) is 11. The van der Waals surface area contributed by atoms with Gasteiger partial charge in [0.2, 0.25) is 0 Å². The molecule has 1 aliphatic heterocycles. The summed E-state index contributed by atoms with van der Waals surface area (Å²) in [7, 11) is -16.6. The Hall–Kier alpha value is -6.72. The van der Waals surface area contributed by atoms with E-state index in [9.17, 15) is 0 Å². The third-order valence-corrected chi connectivity index (χ3v) is 20.6. The number of nitrogens with zero attached hydrogens (tertiary/aromatic N) is 4. The van der Waals surface area contributed by atoms with Gasteiger partial charge in [0.25, 0.3) is 7.43 Å². The normalized spacial score (nSPS) is 16.8. The van der Waals surface area contributed by atoms with Crippen molar-refractivity contribution in [3.63, 3.8) is 0 Å². The highest BCUT2D eigenvalue weighted by Crippen LogP contribution is 2.79. The fraction of sp³-hybridized carbons (Fsp3) is 0.0204. The zero-order chi connectivity index (χ0) is 43.4. The molecule has 8 aromatic rings. The molecule has 0 saturated heterocycles. The molecular formula is C49H42N4O7P4. The highest BCUT2D eigenvalue weighted by atomic mass is 31.3. The van der Waals surface area contributed by atoms with Crippen LogP contribution in [0.15, 0.2) is 261 Å². The topological polar surface area (TPSA) is 114 Å². The largest absolute Gasteiger partial charge is 0.460 e. The van der Waals surface area contributed by atoms with E-state index in [1.165, 1.54) is 0 Å². The van der Waals surface area contributed by atoms with E-state index in [4.69, 9.17) is 49.7 Å². The monoisotopic (exact) mass is 922 g/mol. The third-order valence-electron chi connectivity index (χ3n) is 8.99. The Labute approximate surface area is 373 Å². The van der Waals surface area contributed by atoms with Gasteiger partial charge in [-0.3, -0.25) is 0 Å². The van der Waals surface area contributed by atoms with Crippen LogP contribution in [-0.2, 0) is 6.16 Å². The Morgan fingerprint density at radius 2 is 0.453 bits per heavy atom. The Balaban J connectivity index is 1.48. The number of para-hydroxylation sites is 7. The van der Waals surface area contributed by atoms with Crippen molar-refractivity contribution in [3.8, 4) is 40.2 Å². The molecule has 0 bridgehead atoms. The van der Waals surface area contributed by atoms with Crippen LogP contribution < -0.4 is 31.7 Å². The van der Waals surface area contributed by atoms with Gasteiger partial charge in [0.1, 0.15) is 40.2 Å². The van der Waals surface area contributed by atoms with Crippen molar-refractivity contribution in [1.29, 1.82) is 0 Å². The summed E-state index contributed by atoms with van der Waals surface area (Å²) in [6, 6.07) is 74.6. The van der Waals surface area contributed by atoms with Gasteiger partial charge in [-0.2, -0.15) is 0 Å². The van der Waals surface area contributed by atoms with Crippen LogP contribution in [0.1, 0.15) is 5.56 Å². The zero-order valence-electron chi connectivity index (χ0n) is 34.2. The van der Waals surface area contributed by atoms with Crippen LogP contribution in [0.5, 0.6) is 40.2 Å². The van der Waals surface area contributed by atoms with E-state index >= 15 is 0 Å². The van der Waals surface area contributed by atoms with Gasteiger partial charge in [-0.15, -0.1) is 9.03 Å². The highest BCUT2D eigenvalue weighted by molar-refractivity contribution is 7.80. The van der Waals surface area contributed by atoms with Gasteiger partial charge in [0.15, 0.2) is 0 Å². The predicted octanol–water partition coefficient (Wildman–Crippen LogP) is 16.6. The molecule has 0 saturated carbocycles. The minimum atomic E-state index is -4.29. The second kappa shape index (κ2) is 19.8. The minimum Gasteiger partial charge on any atom is -0.441 e. The lowest BCUT2D eigenvalue weighted by Crippen LogP contribution is -2.10. The van der Waals surface area contributed by atoms with Crippen molar-refractivity contribution in [1.82, 2.24) is 0 Å². The van der Waals surface area contributed by atoms with Gasteiger partial charge < -0.3 is 31.7 Å². The fourth-order valence-corrected chi connectivity index (χ4v) is 19.5. The van der Waals surface area contributed by atoms with E-state index in [-0.39, 0.29) is 6.16 Å². The Morgan fingerprint density at radius 1 is 0.234 bits per heavy atom. The Bertz CT molecular complexity index is 2360. The first-order valence-electron chi connectivity index (χ1n) is 20.3. The number of hydrogen-bond donors (Lipinski definition) is 0. The summed E-state index contributed by atoms with van der Waals surface area (Å²) < 4.78 is 72.6. The van der Waals surface area contributed by atoms with Crippen LogP contribution in [0.4, 0.5) is 0 Å². The summed E-state index contributed by atoms with van der Waals surface area (Å²) in [5.41, 5.74) is 0.858. The van der Waals surface area contributed by atoms with Crippen molar-refractivity contribution in [3.05, 3.63) is 248 Å². The first-order chi connectivity index (χ1) is 31.5. The van der Waals surface area contributed by atoms with Crippen LogP contribution >= 0.6 is 30.4 Å². The van der Waals surface area contributed by atoms with Gasteiger partial charge in [0.05, 0.1) is 6.16 Å². The molecule has 320 valence electrons. The molecule has 1 aliphatic rings. The van der Waals surface area contributed by atoms with E-state index in [2.05, 4.69) is 0 Å². The molecule has 1 atom stereocenters. The molecule has 0 amide bonds. The van der Waals surface area contributed by atoms with Crippen molar-refractivity contribution in [2.45, 2.75) is 6.16 Å². The molecule has 0 aromatic heterocycles. The average molecular weight is 923 g/mol. The summed E-state index contributed by atoms with van der Waals surface area (Å²) in [4.78, 5) is 0. The molecule has 1 unspecified atom stereocenters. The van der Waals surface area contributed by atoms with Crippen LogP contribution in [0.3, 0.4) is 0 Å². The van der Waals surface area contributed by atoms with Crippen LogP contribution in [0.25, 0.3) is 0 Å². The second-order valence-corrected chi connectivity index (χ2v) is 22.7. The fourth-order valence-electron chi connectivity index (χ4n) is 6.30. The van der Waals surface area contributed by atoms with Crippen LogP contribution in [0, 0.1) is 0 Å². The van der Waals surface area contributed by atoms with Gasteiger partial charge in [-0.05, 0) is 90.5 Å². The van der Waals surface area contributed by atoms with Crippen molar-refractivity contribution < 1.29 is 31.7 Å². The molecular weight excluding hydrogens is 880 g/mol. The highest BCUT2D eigenvalue weighted by Gasteiger charge is 2.48. The first kappa shape index (κ1) is 42.6. The summed E-state index contributed by atoms with van der Waals surface area (Å²) in [5, 5.41) is 0. The maximum absolute atomic E-state index is 7.27. The molecule has 0 fully saturated rings. The maximum atomic E-state index is 7.27. The van der Waals surface area contributed by atoms with E-state index < -0.39 is 30.4 Å². The summed E-state index contributed by atoms with van der Waals surface area (Å²) in [5.74, 6) is 2.92. The van der Waals surface area contributed by atoms with Gasteiger partial charge >= 0.3 is 23.0 Å². The van der Waals surface area contributed by atoms with Gasteiger partial charge in [-0.1, -0.05) is 167 Å².